The van der Waals surface area contributed by atoms with Crippen molar-refractivity contribution in [3.63, 3.8) is 0 Å². The predicted octanol–water partition coefficient (Wildman–Crippen LogP) is 14.3. The summed E-state index contributed by atoms with van der Waals surface area (Å²) in [6.45, 7) is 10.3. The smallest absolute Gasteiger partial charge is 0.330 e. The highest BCUT2D eigenvalue weighted by molar-refractivity contribution is 7.22. The summed E-state index contributed by atoms with van der Waals surface area (Å²) in [7, 11) is 0. The molecule has 0 spiro atoms. The number of hydrogen-bond acceptors (Lipinski definition) is 19. The zero-order chi connectivity index (χ0) is 61.1. The molecule has 0 bridgehead atoms. The van der Waals surface area contributed by atoms with Crippen LogP contribution < -0.4 is 33.7 Å². The van der Waals surface area contributed by atoms with Crippen molar-refractivity contribution in [2.75, 3.05) is 57.8 Å². The van der Waals surface area contributed by atoms with Gasteiger partial charge in [0.25, 0.3) is 0 Å². The van der Waals surface area contributed by atoms with Crippen LogP contribution in [0.2, 0.25) is 0 Å². The van der Waals surface area contributed by atoms with Gasteiger partial charge >= 0.3 is 23.9 Å². The van der Waals surface area contributed by atoms with Gasteiger partial charge in [-0.2, -0.15) is 14.9 Å². The average Bonchev–Trinajstić information content (AvgIpc) is 4.16. The Morgan fingerprint density at radius 2 is 1.03 bits per heavy atom. The van der Waals surface area contributed by atoms with Gasteiger partial charge in [0.15, 0.2) is 11.5 Å². The van der Waals surface area contributed by atoms with Crippen molar-refractivity contribution in [3.8, 4) is 34.5 Å². The second-order valence-corrected chi connectivity index (χ2v) is 23.1. The van der Waals surface area contributed by atoms with Crippen molar-refractivity contribution in [3.05, 3.63) is 122 Å². The van der Waals surface area contributed by atoms with Gasteiger partial charge in [-0.25, -0.2) is 19.6 Å². The normalized spacial score (nSPS) is 16.6. The number of anilines is 1. The van der Waals surface area contributed by atoms with E-state index in [1.54, 1.807) is 72.1 Å². The fourth-order valence-corrected chi connectivity index (χ4v) is 11.2. The largest absolute Gasteiger partial charge is 0.494 e. The predicted molar refractivity (Wildman–Crippen MR) is 334 cm³/mol. The average molecular weight is 1220 g/mol. The van der Waals surface area contributed by atoms with E-state index >= 15 is 0 Å². The topological polar surface area (TPSA) is 209 Å². The number of nitrogens with zero attached hydrogens (tertiary/aromatic N) is 3. The number of rotatable bonds is 41. The van der Waals surface area contributed by atoms with Crippen molar-refractivity contribution in [1.82, 2.24) is 4.98 Å². The molecule has 0 radical (unpaired) electrons. The molecule has 2 aliphatic rings. The van der Waals surface area contributed by atoms with Gasteiger partial charge in [0.05, 0.1) is 67.9 Å². The molecule has 87 heavy (non-hydrogen) atoms. The highest BCUT2D eigenvalue weighted by Gasteiger charge is 2.30. The van der Waals surface area contributed by atoms with Crippen LogP contribution in [-0.2, 0) is 38.4 Å². The zero-order valence-corrected chi connectivity index (χ0v) is 51.1. The lowest BCUT2D eigenvalue weighted by Gasteiger charge is -2.27. The molecule has 2 saturated carbocycles. The SMILES string of the molecule is C=CC(=O)OCCCCCCOc1ccc(OOCC2CCC(C(=O)Oc3ccc(OOCC4CCC(C(=O)Oc5ccc(OCCCCCCOC(=O)C=C)cc5)CC4)c(/C=N/N(CCCCCCCCO)c4nc5ccccc5s4)c3)CC2)cc1. The fourth-order valence-electron chi connectivity index (χ4n) is 10.2. The van der Waals surface area contributed by atoms with Crippen molar-refractivity contribution in [1.29, 1.82) is 0 Å². The number of para-hydroxylation sites is 1. The first-order valence-corrected chi connectivity index (χ1v) is 32.0. The number of hydrazone groups is 1. The number of unbranched alkanes of at least 4 members (excludes halogenated alkanes) is 11. The molecule has 0 unspecified atom stereocenters. The zero-order valence-electron chi connectivity index (χ0n) is 50.2. The lowest BCUT2D eigenvalue weighted by atomic mass is 9.82. The summed E-state index contributed by atoms with van der Waals surface area (Å²) in [6.07, 6.45) is 22.7. The maximum atomic E-state index is 13.8. The Bertz CT molecular complexity index is 2850. The number of aromatic nitrogens is 1. The molecular weight excluding hydrogens is 1130 g/mol. The third kappa shape index (κ3) is 24.8. The molecule has 19 heteroatoms. The highest BCUT2D eigenvalue weighted by Crippen LogP contribution is 2.35. The molecule has 470 valence electrons. The second-order valence-electron chi connectivity index (χ2n) is 22.1. The first-order chi connectivity index (χ1) is 42.7. The minimum Gasteiger partial charge on any atom is -0.494 e. The molecule has 1 aromatic heterocycles. The van der Waals surface area contributed by atoms with Crippen LogP contribution in [0.15, 0.2) is 121 Å². The Labute approximate surface area is 516 Å². The number of hydrogen-bond donors (Lipinski definition) is 1. The van der Waals surface area contributed by atoms with E-state index in [9.17, 15) is 24.3 Å². The number of ether oxygens (including phenoxy) is 6. The minimum absolute atomic E-state index is 0.158. The van der Waals surface area contributed by atoms with E-state index < -0.39 is 11.9 Å². The van der Waals surface area contributed by atoms with Gasteiger partial charge in [0.2, 0.25) is 5.13 Å². The maximum absolute atomic E-state index is 13.8. The van der Waals surface area contributed by atoms with Crippen LogP contribution in [0.5, 0.6) is 34.5 Å². The Kier molecular flexibility index (Phi) is 29.9. The number of thiazole rings is 1. The molecule has 5 aromatic rings. The van der Waals surface area contributed by atoms with Crippen molar-refractivity contribution >= 4 is 56.8 Å². The molecule has 2 fully saturated rings. The molecule has 4 aromatic carbocycles. The van der Waals surface area contributed by atoms with Gasteiger partial charge in [-0.1, -0.05) is 62.3 Å². The standard InChI is InChI=1S/C68H87N3O15S/c1-3-64(73)79-45-19-11-9-17-43-77-56-31-35-58(36-32-56)83-66(75)53-27-25-52(26-28-53)50-82-86-62-40-39-60(47-55(62)48-69-71(41-15-7-5-6-8-16-42-72)68-70-61-21-13-14-22-63(61)87-68)84-67(76)54-29-23-51(24-30-54)49-81-85-59-37-33-57(34-38-59)78-44-18-10-12-20-46-80-65(74)4-2/h3-4,13-14,21-22,31-40,47-48,51-54,72H,1-2,5-12,15-20,23-30,41-46,49-50H2/b69-48+. The molecule has 0 saturated heterocycles. The van der Waals surface area contributed by atoms with Gasteiger partial charge in [0, 0.05) is 30.9 Å². The van der Waals surface area contributed by atoms with E-state index in [-0.39, 0.29) is 42.2 Å². The van der Waals surface area contributed by atoms with Crippen molar-refractivity contribution in [2.24, 2.45) is 28.8 Å². The fraction of sp³-hybridized carbons (Fsp3) is 0.500. The van der Waals surface area contributed by atoms with E-state index in [0.717, 1.165) is 137 Å². The third-order valence-electron chi connectivity index (χ3n) is 15.4. The lowest BCUT2D eigenvalue weighted by Crippen LogP contribution is -2.27. The van der Waals surface area contributed by atoms with Gasteiger partial charge < -0.3 is 43.3 Å². The van der Waals surface area contributed by atoms with Crippen LogP contribution in [0.3, 0.4) is 0 Å². The van der Waals surface area contributed by atoms with E-state index in [2.05, 4.69) is 19.2 Å². The number of aliphatic hydroxyl groups is 1. The van der Waals surface area contributed by atoms with Gasteiger partial charge in [-0.15, -0.1) is 0 Å². The van der Waals surface area contributed by atoms with E-state index in [1.165, 1.54) is 12.2 Å². The summed E-state index contributed by atoms with van der Waals surface area (Å²) in [4.78, 5) is 77.5. The molecule has 1 N–H and O–H groups in total. The van der Waals surface area contributed by atoms with E-state index in [4.69, 9.17) is 58.1 Å². The van der Waals surface area contributed by atoms with Crippen LogP contribution in [0.1, 0.15) is 147 Å². The van der Waals surface area contributed by atoms with Crippen LogP contribution in [-0.4, -0.2) is 93.0 Å². The Hall–Kier alpha value is -7.32. The summed E-state index contributed by atoms with van der Waals surface area (Å²) in [5, 5.41) is 16.9. The van der Waals surface area contributed by atoms with Gasteiger partial charge in [-0.05, 0) is 206 Å². The van der Waals surface area contributed by atoms with Crippen LogP contribution >= 0.6 is 11.3 Å². The number of esters is 4. The summed E-state index contributed by atoms with van der Waals surface area (Å²) in [6, 6.07) is 27.6. The Balaban J connectivity index is 0.876. The number of aliphatic hydroxyl groups excluding tert-OH is 1. The molecular formula is C68H87N3O15S. The summed E-state index contributed by atoms with van der Waals surface area (Å²) >= 11 is 1.57. The molecule has 1 heterocycles. The molecule has 7 rings (SSSR count). The number of carbonyl (C=O) groups excluding carboxylic acids is 4. The molecule has 0 aliphatic heterocycles. The first kappa shape index (κ1) is 67.2. The quantitative estimate of drug-likeness (QED) is 0.00733. The van der Waals surface area contributed by atoms with Gasteiger partial charge in [0.1, 0.15) is 23.0 Å². The minimum atomic E-state index is -0.402. The monoisotopic (exact) mass is 1220 g/mol. The third-order valence-corrected chi connectivity index (χ3v) is 16.4. The number of benzene rings is 4. The van der Waals surface area contributed by atoms with Crippen LogP contribution in [0.4, 0.5) is 5.13 Å². The summed E-state index contributed by atoms with van der Waals surface area (Å²) in [5.74, 6) is 1.77. The summed E-state index contributed by atoms with van der Waals surface area (Å²) in [5.41, 5.74) is 1.44. The molecule has 0 amide bonds. The number of carbonyl (C=O) groups is 4. The van der Waals surface area contributed by atoms with Crippen LogP contribution in [0, 0.1) is 23.7 Å². The Morgan fingerprint density at radius 3 is 1.60 bits per heavy atom. The number of fused-ring (bicyclic) bond motifs is 1. The summed E-state index contributed by atoms with van der Waals surface area (Å²) < 4.78 is 34.7. The van der Waals surface area contributed by atoms with E-state index in [0.29, 0.717) is 106 Å². The van der Waals surface area contributed by atoms with E-state index in [1.807, 2.05) is 35.3 Å². The first-order valence-electron chi connectivity index (χ1n) is 31.1. The second kappa shape index (κ2) is 38.8. The van der Waals surface area contributed by atoms with Crippen molar-refractivity contribution < 1.29 is 72.3 Å². The van der Waals surface area contributed by atoms with Crippen LogP contribution in [0.25, 0.3) is 10.2 Å². The Morgan fingerprint density at radius 1 is 0.552 bits per heavy atom. The molecule has 2 aliphatic carbocycles. The molecule has 0 atom stereocenters. The van der Waals surface area contributed by atoms with Gasteiger partial charge in [-0.3, -0.25) is 9.59 Å². The van der Waals surface area contributed by atoms with Crippen molar-refractivity contribution in [2.45, 2.75) is 141 Å². The lowest BCUT2D eigenvalue weighted by molar-refractivity contribution is -0.218. The highest BCUT2D eigenvalue weighted by atomic mass is 32.1. The molecule has 18 nitrogen and oxygen atoms in total. The maximum Gasteiger partial charge on any atom is 0.330 e.